The number of methoxy groups -OCH3 is 3. The van der Waals surface area contributed by atoms with Crippen molar-refractivity contribution >= 4 is 22.8 Å². The first-order chi connectivity index (χ1) is 12.8. The highest BCUT2D eigenvalue weighted by Crippen LogP contribution is 2.29. The summed E-state index contributed by atoms with van der Waals surface area (Å²) in [6, 6.07) is 2.31. The van der Waals surface area contributed by atoms with E-state index >= 15 is 0 Å². The average molecular weight is 377 g/mol. The zero-order chi connectivity index (χ0) is 20.1. The normalized spacial score (nSPS) is 11.9. The number of carbonyl (C=O) groups excluding carboxylic acids is 2. The van der Waals surface area contributed by atoms with Crippen LogP contribution in [0.1, 0.15) is 13.8 Å². The van der Waals surface area contributed by atoms with Crippen LogP contribution in [0.2, 0.25) is 0 Å². The van der Waals surface area contributed by atoms with Gasteiger partial charge in [0.15, 0.2) is 11.5 Å². The van der Waals surface area contributed by atoms with Crippen molar-refractivity contribution in [2.45, 2.75) is 26.4 Å². The first kappa shape index (κ1) is 20.2. The number of nitrogens with one attached hydrogen (secondary N) is 1. The van der Waals surface area contributed by atoms with Gasteiger partial charge in [-0.15, -0.1) is 0 Å². The van der Waals surface area contributed by atoms with Crippen molar-refractivity contribution in [3.8, 4) is 11.5 Å². The molecule has 1 aromatic heterocycles. The number of aromatic nitrogens is 2. The van der Waals surface area contributed by atoms with E-state index < -0.39 is 23.5 Å². The van der Waals surface area contributed by atoms with Gasteiger partial charge in [0.2, 0.25) is 5.91 Å². The molecule has 27 heavy (non-hydrogen) atoms. The molecule has 1 atom stereocenters. The van der Waals surface area contributed by atoms with Crippen LogP contribution in [-0.4, -0.2) is 48.8 Å². The van der Waals surface area contributed by atoms with E-state index in [1.807, 2.05) is 0 Å². The smallest absolute Gasteiger partial charge is 0.328 e. The van der Waals surface area contributed by atoms with Gasteiger partial charge in [-0.2, -0.15) is 0 Å². The van der Waals surface area contributed by atoms with Crippen LogP contribution in [0, 0.1) is 5.92 Å². The largest absolute Gasteiger partial charge is 0.493 e. The van der Waals surface area contributed by atoms with Gasteiger partial charge < -0.3 is 19.5 Å². The number of amides is 1. The Labute approximate surface area is 156 Å². The second kappa shape index (κ2) is 8.52. The van der Waals surface area contributed by atoms with Crippen LogP contribution >= 0.6 is 0 Å². The first-order valence-corrected chi connectivity index (χ1v) is 8.30. The summed E-state index contributed by atoms with van der Waals surface area (Å²) in [5, 5.41) is 2.87. The molecule has 2 aromatic rings. The van der Waals surface area contributed by atoms with Crippen molar-refractivity contribution in [3.63, 3.8) is 0 Å². The third-order valence-corrected chi connectivity index (χ3v) is 4.08. The van der Waals surface area contributed by atoms with Gasteiger partial charge in [-0.3, -0.25) is 14.2 Å². The van der Waals surface area contributed by atoms with E-state index in [0.29, 0.717) is 17.0 Å². The number of hydrogen-bond acceptors (Lipinski definition) is 7. The summed E-state index contributed by atoms with van der Waals surface area (Å²) in [4.78, 5) is 41.0. The molecule has 0 unspecified atom stereocenters. The standard InChI is InChI=1S/C18H23N3O6/c1-10(2)16(18(24)27-5)20-15(22)8-21-9-19-12-7-14(26-4)13(25-3)6-11(12)17(21)23/h6-7,9-10,16H,8H2,1-5H3,(H,20,22)/t16-/m0/s1. The second-order valence-electron chi connectivity index (χ2n) is 6.21. The number of hydrogen-bond donors (Lipinski definition) is 1. The van der Waals surface area contributed by atoms with Crippen LogP contribution in [0.4, 0.5) is 0 Å². The molecule has 1 aromatic carbocycles. The topological polar surface area (TPSA) is 109 Å². The molecule has 0 aliphatic heterocycles. The summed E-state index contributed by atoms with van der Waals surface area (Å²) >= 11 is 0. The highest BCUT2D eigenvalue weighted by Gasteiger charge is 2.25. The lowest BCUT2D eigenvalue weighted by molar-refractivity contribution is -0.146. The van der Waals surface area contributed by atoms with Gasteiger partial charge in [-0.05, 0) is 12.0 Å². The quantitative estimate of drug-likeness (QED) is 0.709. The molecule has 0 fully saturated rings. The predicted molar refractivity (Wildman–Crippen MR) is 97.9 cm³/mol. The van der Waals surface area contributed by atoms with E-state index in [4.69, 9.17) is 14.2 Å². The Bertz CT molecular complexity index is 906. The summed E-state index contributed by atoms with van der Waals surface area (Å²) in [7, 11) is 4.20. The molecule has 0 saturated heterocycles. The Kier molecular flexibility index (Phi) is 6.38. The summed E-state index contributed by atoms with van der Waals surface area (Å²) < 4.78 is 16.3. The number of fused-ring (bicyclic) bond motifs is 1. The monoisotopic (exact) mass is 377 g/mol. The van der Waals surface area contributed by atoms with E-state index in [9.17, 15) is 14.4 Å². The highest BCUT2D eigenvalue weighted by atomic mass is 16.5. The van der Waals surface area contributed by atoms with Crippen molar-refractivity contribution in [1.82, 2.24) is 14.9 Å². The minimum atomic E-state index is -0.795. The van der Waals surface area contributed by atoms with Crippen molar-refractivity contribution in [2.75, 3.05) is 21.3 Å². The highest BCUT2D eigenvalue weighted by molar-refractivity contribution is 5.85. The molecule has 1 heterocycles. The number of esters is 1. The minimum absolute atomic E-state index is 0.162. The molecule has 0 aliphatic carbocycles. The summed E-state index contributed by atoms with van der Waals surface area (Å²) in [6.45, 7) is 3.28. The van der Waals surface area contributed by atoms with Crippen LogP contribution in [0.15, 0.2) is 23.3 Å². The van der Waals surface area contributed by atoms with Crippen molar-refractivity contribution < 1.29 is 23.8 Å². The molecule has 146 valence electrons. The lowest BCUT2D eigenvalue weighted by Gasteiger charge is -2.20. The molecule has 9 heteroatoms. The van der Waals surface area contributed by atoms with Gasteiger partial charge in [0.25, 0.3) is 5.56 Å². The van der Waals surface area contributed by atoms with Crippen LogP contribution in [0.5, 0.6) is 11.5 Å². The fraction of sp³-hybridized carbons (Fsp3) is 0.444. The zero-order valence-corrected chi connectivity index (χ0v) is 15.9. The number of nitrogens with zero attached hydrogens (tertiary/aromatic N) is 2. The fourth-order valence-electron chi connectivity index (χ4n) is 2.60. The Morgan fingerprint density at radius 1 is 1.15 bits per heavy atom. The number of carbonyl (C=O) groups is 2. The third-order valence-electron chi connectivity index (χ3n) is 4.08. The molecule has 0 aliphatic rings. The number of ether oxygens (including phenoxy) is 3. The van der Waals surface area contributed by atoms with Crippen LogP contribution in [-0.2, 0) is 20.9 Å². The SMILES string of the molecule is COC(=O)[C@@H](NC(=O)Cn1cnc2cc(OC)c(OC)cc2c1=O)C(C)C. The van der Waals surface area contributed by atoms with Gasteiger partial charge in [-0.1, -0.05) is 13.8 Å². The Morgan fingerprint density at radius 3 is 2.33 bits per heavy atom. The molecule has 1 N–H and O–H groups in total. The summed E-state index contributed by atoms with van der Waals surface area (Å²) in [5.74, 6) is -0.367. The maximum absolute atomic E-state index is 12.7. The van der Waals surface area contributed by atoms with E-state index in [1.165, 1.54) is 33.7 Å². The van der Waals surface area contributed by atoms with Gasteiger partial charge in [0.05, 0.1) is 38.6 Å². The van der Waals surface area contributed by atoms with E-state index in [2.05, 4.69) is 10.3 Å². The molecule has 0 spiro atoms. The average Bonchev–Trinajstić information content (AvgIpc) is 2.66. The number of benzene rings is 1. The molecule has 0 saturated carbocycles. The molecule has 2 rings (SSSR count). The maximum atomic E-state index is 12.7. The van der Waals surface area contributed by atoms with Crippen molar-refractivity contribution in [2.24, 2.45) is 5.92 Å². The molecular formula is C18H23N3O6. The summed E-state index contributed by atoms with van der Waals surface area (Å²) in [5.41, 5.74) is 0.0131. The van der Waals surface area contributed by atoms with Gasteiger partial charge in [0.1, 0.15) is 12.6 Å². The van der Waals surface area contributed by atoms with Crippen LogP contribution < -0.4 is 20.3 Å². The Hall–Kier alpha value is -3.10. The molecule has 0 bridgehead atoms. The first-order valence-electron chi connectivity index (χ1n) is 8.30. The lowest BCUT2D eigenvalue weighted by atomic mass is 10.0. The molecule has 9 nitrogen and oxygen atoms in total. The van der Waals surface area contributed by atoms with Gasteiger partial charge >= 0.3 is 5.97 Å². The maximum Gasteiger partial charge on any atom is 0.328 e. The van der Waals surface area contributed by atoms with E-state index in [0.717, 1.165) is 4.57 Å². The summed E-state index contributed by atoms with van der Waals surface area (Å²) in [6.07, 6.45) is 1.28. The fourth-order valence-corrected chi connectivity index (χ4v) is 2.60. The lowest BCUT2D eigenvalue weighted by Crippen LogP contribution is -2.46. The molecule has 0 radical (unpaired) electrons. The Morgan fingerprint density at radius 2 is 1.78 bits per heavy atom. The zero-order valence-electron chi connectivity index (χ0n) is 15.9. The van der Waals surface area contributed by atoms with E-state index in [-0.39, 0.29) is 17.8 Å². The number of rotatable bonds is 7. The third kappa shape index (κ3) is 4.36. The minimum Gasteiger partial charge on any atom is -0.493 e. The molecule has 1 amide bonds. The van der Waals surface area contributed by atoms with Crippen LogP contribution in [0.25, 0.3) is 10.9 Å². The molecular weight excluding hydrogens is 354 g/mol. The van der Waals surface area contributed by atoms with Crippen molar-refractivity contribution in [1.29, 1.82) is 0 Å². The van der Waals surface area contributed by atoms with Gasteiger partial charge in [-0.25, -0.2) is 9.78 Å². The second-order valence-corrected chi connectivity index (χ2v) is 6.21. The Balaban J connectivity index is 2.31. The van der Waals surface area contributed by atoms with Gasteiger partial charge in [0, 0.05) is 6.07 Å². The predicted octanol–water partition coefficient (Wildman–Crippen LogP) is 0.727. The van der Waals surface area contributed by atoms with Crippen LogP contribution in [0.3, 0.4) is 0 Å². The van der Waals surface area contributed by atoms with Crippen molar-refractivity contribution in [3.05, 3.63) is 28.8 Å². The van der Waals surface area contributed by atoms with E-state index in [1.54, 1.807) is 19.9 Å².